The van der Waals surface area contributed by atoms with Gasteiger partial charge in [0, 0.05) is 6.61 Å². The van der Waals surface area contributed by atoms with Gasteiger partial charge in [-0.1, -0.05) is 52.4 Å². The molecule has 0 heterocycles. The monoisotopic (exact) mass is 218 g/mol. The summed E-state index contributed by atoms with van der Waals surface area (Å²) in [6.45, 7) is 6.53. The van der Waals surface area contributed by atoms with Gasteiger partial charge in [0.25, 0.3) is 0 Å². The zero-order valence-electron chi connectivity index (χ0n) is 10.8. The molecule has 0 radical (unpaired) electrons. The lowest BCUT2D eigenvalue weighted by molar-refractivity contribution is 0.180. The van der Waals surface area contributed by atoms with E-state index in [2.05, 4.69) is 13.8 Å². The summed E-state index contributed by atoms with van der Waals surface area (Å²) >= 11 is 0. The molecule has 0 rings (SSSR count). The molecule has 0 bridgehead atoms. The second kappa shape index (κ2) is 16.4. The first kappa shape index (κ1) is 17.3. The Morgan fingerprint density at radius 1 is 0.867 bits per heavy atom. The quantitative estimate of drug-likeness (QED) is 0.612. The van der Waals surface area contributed by atoms with Gasteiger partial charge in [-0.2, -0.15) is 0 Å². The average Bonchev–Trinajstić information content (AvgIpc) is 2.22. The molecule has 0 aromatic carbocycles. The predicted molar refractivity (Wildman–Crippen MR) is 67.1 cm³/mol. The maximum absolute atomic E-state index is 8.85. The predicted octanol–water partition coefficient (Wildman–Crippen LogP) is 3.51. The molecular formula is C13H30O2. The Hall–Kier alpha value is -0.0800. The van der Waals surface area contributed by atoms with Crippen molar-refractivity contribution in [2.24, 2.45) is 0 Å². The third-order valence-corrected chi connectivity index (χ3v) is 2.24. The van der Waals surface area contributed by atoms with Crippen molar-refractivity contribution in [3.8, 4) is 0 Å². The van der Waals surface area contributed by atoms with Crippen molar-refractivity contribution < 1.29 is 10.2 Å². The van der Waals surface area contributed by atoms with Gasteiger partial charge in [0.1, 0.15) is 0 Å². The first-order valence-electron chi connectivity index (χ1n) is 6.47. The summed E-state index contributed by atoms with van der Waals surface area (Å²) in [5.74, 6) is 0. The van der Waals surface area contributed by atoms with Gasteiger partial charge in [0.15, 0.2) is 0 Å². The zero-order chi connectivity index (χ0) is 11.9. The number of hydrogen-bond acceptors (Lipinski definition) is 2. The highest BCUT2D eigenvalue weighted by molar-refractivity contribution is 4.47. The average molecular weight is 218 g/mol. The van der Waals surface area contributed by atoms with Crippen molar-refractivity contribution in [1.82, 2.24) is 0 Å². The molecule has 0 aliphatic rings. The van der Waals surface area contributed by atoms with E-state index in [1.807, 2.05) is 6.92 Å². The van der Waals surface area contributed by atoms with Gasteiger partial charge >= 0.3 is 0 Å². The second-order valence-corrected chi connectivity index (χ2v) is 4.13. The van der Waals surface area contributed by atoms with Crippen LogP contribution in [0.4, 0.5) is 0 Å². The van der Waals surface area contributed by atoms with Crippen LogP contribution in [-0.4, -0.2) is 22.9 Å². The van der Waals surface area contributed by atoms with E-state index in [1.165, 1.54) is 32.1 Å². The minimum atomic E-state index is -0.0955. The highest BCUT2D eigenvalue weighted by Gasteiger charge is 1.93. The van der Waals surface area contributed by atoms with Gasteiger partial charge in [0.2, 0.25) is 0 Å². The van der Waals surface area contributed by atoms with Crippen LogP contribution in [0.5, 0.6) is 0 Å². The normalized spacial score (nSPS) is 11.8. The molecule has 2 nitrogen and oxygen atoms in total. The summed E-state index contributed by atoms with van der Waals surface area (Å²) in [6, 6.07) is 0. The first-order chi connectivity index (χ1) is 7.18. The standard InChI is InChI=1S/C8H18O.C5H12O/c1-3-4-5-6-7-8(2)9;1-2-3-4-5-6/h8-9H,3-7H2,1-2H3;6H,2-5H2,1H3. The number of aliphatic hydroxyl groups is 2. The molecule has 0 fully saturated rings. The Kier molecular flexibility index (Phi) is 18.9. The van der Waals surface area contributed by atoms with Crippen LogP contribution in [-0.2, 0) is 0 Å². The molecule has 0 aromatic heterocycles. The summed E-state index contributed by atoms with van der Waals surface area (Å²) in [6.07, 6.45) is 9.26. The van der Waals surface area contributed by atoms with Gasteiger partial charge in [-0.15, -0.1) is 0 Å². The number of hydrogen-bond donors (Lipinski definition) is 2. The van der Waals surface area contributed by atoms with Crippen LogP contribution in [0.15, 0.2) is 0 Å². The molecule has 0 aromatic rings. The lowest BCUT2D eigenvalue weighted by atomic mass is 10.1. The largest absolute Gasteiger partial charge is 0.396 e. The summed E-state index contributed by atoms with van der Waals surface area (Å²) in [4.78, 5) is 0. The summed E-state index contributed by atoms with van der Waals surface area (Å²) in [5.41, 5.74) is 0. The van der Waals surface area contributed by atoms with Gasteiger partial charge in [0.05, 0.1) is 6.10 Å². The molecule has 0 spiro atoms. The van der Waals surface area contributed by atoms with Crippen LogP contribution in [0.3, 0.4) is 0 Å². The Morgan fingerprint density at radius 3 is 1.73 bits per heavy atom. The fourth-order valence-electron chi connectivity index (χ4n) is 1.23. The molecule has 2 N–H and O–H groups in total. The van der Waals surface area contributed by atoms with Crippen LogP contribution >= 0.6 is 0 Å². The molecule has 1 atom stereocenters. The molecule has 0 saturated heterocycles. The van der Waals surface area contributed by atoms with Crippen molar-refractivity contribution in [3.05, 3.63) is 0 Å². The van der Waals surface area contributed by atoms with Crippen molar-refractivity contribution in [2.45, 2.75) is 78.2 Å². The molecule has 0 amide bonds. The second-order valence-electron chi connectivity index (χ2n) is 4.13. The van der Waals surface area contributed by atoms with Crippen molar-refractivity contribution in [2.75, 3.05) is 6.61 Å². The molecule has 0 aliphatic carbocycles. The number of unbranched alkanes of at least 4 members (excludes halogenated alkanes) is 5. The van der Waals surface area contributed by atoms with E-state index in [0.29, 0.717) is 6.61 Å². The molecule has 2 heteroatoms. The highest BCUT2D eigenvalue weighted by atomic mass is 16.3. The summed E-state index contributed by atoms with van der Waals surface area (Å²) in [7, 11) is 0. The molecular weight excluding hydrogens is 188 g/mol. The lowest BCUT2D eigenvalue weighted by Gasteiger charge is -2.01. The van der Waals surface area contributed by atoms with E-state index in [0.717, 1.165) is 19.3 Å². The fourth-order valence-corrected chi connectivity index (χ4v) is 1.23. The van der Waals surface area contributed by atoms with E-state index in [4.69, 9.17) is 10.2 Å². The summed E-state index contributed by atoms with van der Waals surface area (Å²) < 4.78 is 0. The van der Waals surface area contributed by atoms with Gasteiger partial charge < -0.3 is 10.2 Å². The molecule has 1 unspecified atom stereocenters. The van der Waals surface area contributed by atoms with E-state index in [9.17, 15) is 0 Å². The van der Waals surface area contributed by atoms with Gasteiger partial charge in [-0.3, -0.25) is 0 Å². The molecule has 15 heavy (non-hydrogen) atoms. The van der Waals surface area contributed by atoms with Crippen LogP contribution in [0.2, 0.25) is 0 Å². The Morgan fingerprint density at radius 2 is 1.40 bits per heavy atom. The molecule has 0 saturated carbocycles. The Balaban J connectivity index is 0. The lowest BCUT2D eigenvalue weighted by Crippen LogP contribution is -1.97. The number of rotatable bonds is 8. The Labute approximate surface area is 95.7 Å². The van der Waals surface area contributed by atoms with Crippen molar-refractivity contribution in [3.63, 3.8) is 0 Å². The van der Waals surface area contributed by atoms with Crippen molar-refractivity contribution in [1.29, 1.82) is 0 Å². The van der Waals surface area contributed by atoms with E-state index in [-0.39, 0.29) is 6.10 Å². The van der Waals surface area contributed by atoms with E-state index >= 15 is 0 Å². The third kappa shape index (κ3) is 24.9. The van der Waals surface area contributed by atoms with Gasteiger partial charge in [-0.25, -0.2) is 0 Å². The maximum atomic E-state index is 8.85. The van der Waals surface area contributed by atoms with E-state index < -0.39 is 0 Å². The fraction of sp³-hybridized carbons (Fsp3) is 1.00. The van der Waals surface area contributed by atoms with E-state index in [1.54, 1.807) is 0 Å². The van der Waals surface area contributed by atoms with Gasteiger partial charge in [-0.05, 0) is 19.8 Å². The maximum Gasteiger partial charge on any atom is 0.0512 e. The third-order valence-electron chi connectivity index (χ3n) is 2.24. The minimum Gasteiger partial charge on any atom is -0.396 e. The highest BCUT2D eigenvalue weighted by Crippen LogP contribution is 2.04. The number of aliphatic hydroxyl groups excluding tert-OH is 2. The SMILES string of the molecule is CCCCCCC(C)O.CCCCCO. The topological polar surface area (TPSA) is 40.5 Å². The first-order valence-corrected chi connectivity index (χ1v) is 6.47. The Bertz CT molecular complexity index is 88.5. The summed E-state index contributed by atoms with van der Waals surface area (Å²) in [5, 5.41) is 17.0. The van der Waals surface area contributed by atoms with Crippen LogP contribution < -0.4 is 0 Å². The molecule has 94 valence electrons. The minimum absolute atomic E-state index is 0.0955. The van der Waals surface area contributed by atoms with Crippen LogP contribution in [0.25, 0.3) is 0 Å². The van der Waals surface area contributed by atoms with Crippen LogP contribution in [0, 0.1) is 0 Å². The zero-order valence-corrected chi connectivity index (χ0v) is 10.8. The van der Waals surface area contributed by atoms with Crippen molar-refractivity contribution >= 4 is 0 Å². The van der Waals surface area contributed by atoms with Crippen LogP contribution in [0.1, 0.15) is 72.1 Å². The molecule has 0 aliphatic heterocycles. The smallest absolute Gasteiger partial charge is 0.0512 e.